The van der Waals surface area contributed by atoms with Crippen molar-refractivity contribution < 1.29 is 9.05 Å². The molecule has 3 heterocycles. The van der Waals surface area contributed by atoms with Crippen molar-refractivity contribution >= 4 is 0 Å². The van der Waals surface area contributed by atoms with Crippen molar-refractivity contribution in [2.45, 2.75) is 39.2 Å². The Hall–Kier alpha value is -3.25. The summed E-state index contributed by atoms with van der Waals surface area (Å²) in [6.45, 7) is 5.56. The molecule has 0 saturated carbocycles. The molecule has 0 amide bonds. The molecule has 0 aliphatic carbocycles. The summed E-state index contributed by atoms with van der Waals surface area (Å²) in [5, 5.41) is 8.51. The van der Waals surface area contributed by atoms with E-state index in [4.69, 9.17) is 9.05 Å². The second-order valence-corrected chi connectivity index (χ2v) is 8.06. The van der Waals surface area contributed by atoms with Gasteiger partial charge in [-0.05, 0) is 37.9 Å². The third-order valence-electron chi connectivity index (χ3n) is 5.80. The number of rotatable bonds is 8. The van der Waals surface area contributed by atoms with Gasteiger partial charge in [0.25, 0.3) is 5.89 Å². The van der Waals surface area contributed by atoms with Gasteiger partial charge in [0.1, 0.15) is 0 Å². The van der Waals surface area contributed by atoms with Crippen LogP contribution in [0.25, 0.3) is 34.3 Å². The highest BCUT2D eigenvalue weighted by Gasteiger charge is 2.23. The highest BCUT2D eigenvalue weighted by Crippen LogP contribution is 2.33. The lowest BCUT2D eigenvalue weighted by Crippen LogP contribution is -2.36. The van der Waals surface area contributed by atoms with E-state index in [-0.39, 0.29) is 0 Å². The van der Waals surface area contributed by atoms with Crippen LogP contribution in [0.15, 0.2) is 63.6 Å². The molecular formula is C25H26N4O2. The van der Waals surface area contributed by atoms with Crippen LogP contribution in [0.5, 0.6) is 0 Å². The van der Waals surface area contributed by atoms with Crippen LogP contribution in [0.2, 0.25) is 0 Å². The normalized spacial score (nSPS) is 14.0. The molecule has 2 aromatic heterocycles. The van der Waals surface area contributed by atoms with Crippen molar-refractivity contribution in [1.82, 2.24) is 20.2 Å². The Morgan fingerprint density at radius 2 is 1.71 bits per heavy atom. The highest BCUT2D eigenvalue weighted by molar-refractivity contribution is 5.69. The van der Waals surface area contributed by atoms with Gasteiger partial charge in [0.05, 0.1) is 0 Å². The van der Waals surface area contributed by atoms with E-state index in [0.29, 0.717) is 17.4 Å². The van der Waals surface area contributed by atoms with Gasteiger partial charge >= 0.3 is 0 Å². The van der Waals surface area contributed by atoms with Crippen LogP contribution in [-0.4, -0.2) is 33.3 Å². The van der Waals surface area contributed by atoms with Crippen molar-refractivity contribution in [2.24, 2.45) is 0 Å². The Morgan fingerprint density at radius 3 is 2.42 bits per heavy atom. The molecule has 6 heteroatoms. The molecule has 1 aliphatic heterocycles. The predicted molar refractivity (Wildman–Crippen MR) is 119 cm³/mol. The largest absolute Gasteiger partial charge is 0.355 e. The summed E-state index contributed by atoms with van der Waals surface area (Å²) in [5.41, 5.74) is 4.90. The Balaban J connectivity index is 1.41. The molecule has 0 radical (unpaired) electrons. The second kappa shape index (κ2) is 8.86. The number of hydrogen-bond acceptors (Lipinski definition) is 6. The van der Waals surface area contributed by atoms with Gasteiger partial charge in [0, 0.05) is 23.2 Å². The van der Waals surface area contributed by atoms with Crippen LogP contribution in [0, 0.1) is 0 Å². The van der Waals surface area contributed by atoms with E-state index in [9.17, 15) is 0 Å². The summed E-state index contributed by atoms with van der Waals surface area (Å²) in [4.78, 5) is 7.07. The van der Waals surface area contributed by atoms with Crippen molar-refractivity contribution in [1.29, 1.82) is 0 Å². The quantitative estimate of drug-likeness (QED) is 0.373. The maximum atomic E-state index is 5.73. The van der Waals surface area contributed by atoms with Gasteiger partial charge in [0.2, 0.25) is 5.82 Å². The van der Waals surface area contributed by atoms with E-state index >= 15 is 0 Å². The molecule has 31 heavy (non-hydrogen) atoms. The van der Waals surface area contributed by atoms with Crippen LogP contribution in [0.3, 0.4) is 0 Å². The van der Waals surface area contributed by atoms with Crippen molar-refractivity contribution in [3.05, 3.63) is 65.7 Å². The summed E-state index contributed by atoms with van der Waals surface area (Å²) in [6, 6.07) is 18.4. The van der Waals surface area contributed by atoms with Gasteiger partial charge in [-0.3, -0.25) is 4.90 Å². The standard InChI is InChI=1S/C25H26N4O2/c1-2-3-10-21-22(27-30-23(21)19-8-5-4-6-9-19)25-26-24(28-31-25)20-13-11-18(12-14-20)17-29-15-7-16-29/h4-6,8-9,11-14H,2-3,7,10,15-17H2,1H3. The first-order valence-corrected chi connectivity index (χ1v) is 11.0. The highest BCUT2D eigenvalue weighted by atomic mass is 16.5. The lowest BCUT2D eigenvalue weighted by Gasteiger charge is -2.30. The van der Waals surface area contributed by atoms with E-state index in [1.54, 1.807) is 0 Å². The van der Waals surface area contributed by atoms with Gasteiger partial charge in [-0.25, -0.2) is 0 Å². The summed E-state index contributed by atoms with van der Waals surface area (Å²) in [7, 11) is 0. The zero-order valence-corrected chi connectivity index (χ0v) is 17.8. The molecule has 0 unspecified atom stereocenters. The summed E-state index contributed by atoms with van der Waals surface area (Å²) >= 11 is 0. The summed E-state index contributed by atoms with van der Waals surface area (Å²) in [6.07, 6.45) is 4.27. The Bertz CT molecular complexity index is 1130. The number of nitrogens with zero attached hydrogens (tertiary/aromatic N) is 4. The van der Waals surface area contributed by atoms with Gasteiger partial charge in [-0.2, -0.15) is 4.98 Å². The first-order chi connectivity index (χ1) is 15.3. The molecule has 4 aromatic rings. The molecular weight excluding hydrogens is 388 g/mol. The fourth-order valence-electron chi connectivity index (χ4n) is 3.87. The fourth-order valence-corrected chi connectivity index (χ4v) is 3.87. The van der Waals surface area contributed by atoms with Crippen molar-refractivity contribution in [2.75, 3.05) is 13.1 Å². The zero-order valence-electron chi connectivity index (χ0n) is 17.8. The predicted octanol–water partition coefficient (Wildman–Crippen LogP) is 5.61. The summed E-state index contributed by atoms with van der Waals surface area (Å²) in [5.74, 6) is 1.74. The maximum absolute atomic E-state index is 5.73. The molecule has 1 aliphatic rings. The molecule has 0 spiro atoms. The van der Waals surface area contributed by atoms with E-state index in [0.717, 1.165) is 48.3 Å². The smallest absolute Gasteiger partial charge is 0.280 e. The molecule has 1 saturated heterocycles. The number of aromatic nitrogens is 3. The lowest BCUT2D eigenvalue weighted by atomic mass is 10.0. The maximum Gasteiger partial charge on any atom is 0.280 e. The van der Waals surface area contributed by atoms with Crippen LogP contribution in [-0.2, 0) is 13.0 Å². The Labute approximate surface area is 181 Å². The third kappa shape index (κ3) is 4.16. The monoisotopic (exact) mass is 414 g/mol. The van der Waals surface area contributed by atoms with E-state index in [2.05, 4.69) is 51.4 Å². The van der Waals surface area contributed by atoms with Crippen LogP contribution < -0.4 is 0 Å². The molecule has 5 rings (SSSR count). The minimum atomic E-state index is 0.400. The molecule has 0 atom stereocenters. The molecule has 0 bridgehead atoms. The van der Waals surface area contributed by atoms with Gasteiger partial charge in [-0.1, -0.05) is 78.3 Å². The molecule has 2 aromatic carbocycles. The average Bonchev–Trinajstić information content (AvgIpc) is 3.43. The lowest BCUT2D eigenvalue weighted by molar-refractivity contribution is 0.172. The second-order valence-electron chi connectivity index (χ2n) is 8.06. The fraction of sp³-hybridized carbons (Fsp3) is 0.320. The number of unbranched alkanes of at least 4 members (excludes halogenated alkanes) is 1. The summed E-state index contributed by atoms with van der Waals surface area (Å²) < 4.78 is 11.3. The van der Waals surface area contributed by atoms with Gasteiger partial charge in [0.15, 0.2) is 11.5 Å². The Kier molecular flexibility index (Phi) is 5.63. The molecule has 158 valence electrons. The molecule has 1 fully saturated rings. The third-order valence-corrected chi connectivity index (χ3v) is 5.80. The SMILES string of the molecule is CCCCc1c(-c2nc(-c3ccc(CN4CCC4)cc3)no2)noc1-c1ccccc1. The van der Waals surface area contributed by atoms with E-state index < -0.39 is 0 Å². The number of likely N-dealkylation sites (tertiary alicyclic amines) is 1. The van der Waals surface area contributed by atoms with Crippen molar-refractivity contribution in [3.63, 3.8) is 0 Å². The van der Waals surface area contributed by atoms with Crippen LogP contribution >= 0.6 is 0 Å². The minimum Gasteiger partial charge on any atom is -0.355 e. The molecule has 0 N–H and O–H groups in total. The van der Waals surface area contributed by atoms with Crippen LogP contribution in [0.4, 0.5) is 0 Å². The topological polar surface area (TPSA) is 68.2 Å². The molecule has 6 nitrogen and oxygen atoms in total. The first kappa shape index (κ1) is 19.7. The minimum absolute atomic E-state index is 0.400. The Morgan fingerprint density at radius 1 is 0.903 bits per heavy atom. The van der Waals surface area contributed by atoms with Gasteiger partial charge < -0.3 is 9.05 Å². The number of hydrogen-bond donors (Lipinski definition) is 0. The zero-order chi connectivity index (χ0) is 21.0. The van der Waals surface area contributed by atoms with E-state index in [1.807, 2.05) is 30.3 Å². The average molecular weight is 415 g/mol. The van der Waals surface area contributed by atoms with E-state index in [1.165, 1.54) is 25.1 Å². The van der Waals surface area contributed by atoms with Gasteiger partial charge in [-0.15, -0.1) is 0 Å². The number of benzene rings is 2. The van der Waals surface area contributed by atoms with Crippen LogP contribution in [0.1, 0.15) is 37.3 Å². The first-order valence-electron chi connectivity index (χ1n) is 11.0. The van der Waals surface area contributed by atoms with Crippen molar-refractivity contribution in [3.8, 4) is 34.3 Å².